The van der Waals surface area contributed by atoms with Crippen LogP contribution in [0.3, 0.4) is 0 Å². The monoisotopic (exact) mass is 487 g/mol. The summed E-state index contributed by atoms with van der Waals surface area (Å²) >= 11 is 0. The van der Waals surface area contributed by atoms with Crippen LogP contribution in [0.4, 0.5) is 0 Å². The Morgan fingerprint density at radius 1 is 1.19 bits per heavy atom. The first kappa shape index (κ1) is 22.7. The number of imidazole rings is 1. The van der Waals surface area contributed by atoms with Crippen LogP contribution in [0.25, 0.3) is 11.0 Å². The zero-order valence-corrected chi connectivity index (χ0v) is 20.2. The number of carbonyl (C=O) groups excluding carboxylic acids is 1. The van der Waals surface area contributed by atoms with Gasteiger partial charge in [0.1, 0.15) is 17.5 Å². The van der Waals surface area contributed by atoms with Gasteiger partial charge >= 0.3 is 0 Å². The lowest BCUT2D eigenvalue weighted by Crippen LogP contribution is -2.44. The summed E-state index contributed by atoms with van der Waals surface area (Å²) in [6.07, 6.45) is 3.39. The first-order valence-electron chi connectivity index (χ1n) is 12.3. The minimum absolute atomic E-state index is 0.0408. The highest BCUT2D eigenvalue weighted by molar-refractivity contribution is 5.97. The number of hydrogen-bond acceptors (Lipinski definition) is 7. The first-order chi connectivity index (χ1) is 17.7. The Bertz CT molecular complexity index is 1360. The molecule has 1 saturated heterocycles. The number of ether oxygens (including phenoxy) is 2. The Morgan fingerprint density at radius 2 is 2.03 bits per heavy atom. The minimum Gasteiger partial charge on any atom is -0.497 e. The maximum absolute atomic E-state index is 12.7. The van der Waals surface area contributed by atoms with Gasteiger partial charge in [-0.15, -0.1) is 5.10 Å². The average Bonchev–Trinajstić information content (AvgIpc) is 3.56. The van der Waals surface area contributed by atoms with Crippen LogP contribution in [-0.2, 0) is 24.4 Å². The lowest BCUT2D eigenvalue weighted by atomic mass is 10.0. The van der Waals surface area contributed by atoms with E-state index in [1.165, 1.54) is 0 Å². The maximum atomic E-state index is 12.7. The number of nitrogens with one attached hydrogen (secondary N) is 2. The zero-order chi connectivity index (χ0) is 24.5. The molecular formula is C26H29N7O3. The number of benzene rings is 2. The molecule has 1 atom stereocenters. The molecule has 2 aromatic carbocycles. The third-order valence-electron chi connectivity index (χ3n) is 7.14. The van der Waals surface area contributed by atoms with Crippen molar-refractivity contribution in [3.63, 3.8) is 0 Å². The Kier molecular flexibility index (Phi) is 6.12. The largest absolute Gasteiger partial charge is 0.497 e. The van der Waals surface area contributed by atoms with Crippen molar-refractivity contribution < 1.29 is 14.3 Å². The van der Waals surface area contributed by atoms with E-state index in [9.17, 15) is 4.79 Å². The molecule has 0 saturated carbocycles. The van der Waals surface area contributed by atoms with Gasteiger partial charge in [0.2, 0.25) is 0 Å². The van der Waals surface area contributed by atoms with Gasteiger partial charge in [0.15, 0.2) is 0 Å². The highest BCUT2D eigenvalue weighted by Crippen LogP contribution is 2.28. The summed E-state index contributed by atoms with van der Waals surface area (Å²) in [5.74, 6) is 0.790. The fraction of sp³-hybridized carbons (Fsp3) is 0.385. The predicted octanol–water partition coefficient (Wildman–Crippen LogP) is 2.83. The molecule has 0 aliphatic carbocycles. The van der Waals surface area contributed by atoms with Crippen LogP contribution in [-0.4, -0.2) is 62.0 Å². The van der Waals surface area contributed by atoms with E-state index < -0.39 is 0 Å². The molecule has 10 heteroatoms. The van der Waals surface area contributed by atoms with Gasteiger partial charge in [-0.1, -0.05) is 17.3 Å². The lowest BCUT2D eigenvalue weighted by molar-refractivity contribution is -0.00218. The summed E-state index contributed by atoms with van der Waals surface area (Å²) in [5.41, 5.74) is 5.50. The summed E-state index contributed by atoms with van der Waals surface area (Å²) in [6.45, 7) is 3.67. The number of likely N-dealkylation sites (tertiary alicyclic amines) is 1. The van der Waals surface area contributed by atoms with Gasteiger partial charge in [-0.05, 0) is 48.7 Å². The van der Waals surface area contributed by atoms with Crippen molar-refractivity contribution >= 4 is 16.9 Å². The molecule has 2 N–H and O–H groups in total. The number of rotatable bonds is 6. The van der Waals surface area contributed by atoms with E-state index in [4.69, 9.17) is 9.47 Å². The van der Waals surface area contributed by atoms with Gasteiger partial charge in [-0.2, -0.15) is 0 Å². The highest BCUT2D eigenvalue weighted by atomic mass is 16.5. The fourth-order valence-electron chi connectivity index (χ4n) is 5.00. The second-order valence-corrected chi connectivity index (χ2v) is 9.40. The molecule has 2 aromatic heterocycles. The standard InChI is InChI=1S/C26H29N7O3/c1-35-20-5-2-17(3-6-20)25-14-33-24(15-36-25)23(30-31-33)13-32-10-8-19(9-11-32)29-26(34)18-4-7-21-22(12-18)28-16-27-21/h2-7,12,16,19,25H,8-11,13-15H2,1H3,(H,27,28)(H,29,34)/t25-/m1/s1. The molecule has 4 heterocycles. The quantitative estimate of drug-likeness (QED) is 0.430. The van der Waals surface area contributed by atoms with Crippen LogP contribution >= 0.6 is 0 Å². The third kappa shape index (κ3) is 4.57. The summed E-state index contributed by atoms with van der Waals surface area (Å²) in [5, 5.41) is 12.1. The molecule has 0 unspecified atom stereocenters. The van der Waals surface area contributed by atoms with Gasteiger partial charge in [-0.3, -0.25) is 9.69 Å². The van der Waals surface area contributed by atoms with E-state index in [-0.39, 0.29) is 18.1 Å². The van der Waals surface area contributed by atoms with Crippen LogP contribution in [0.2, 0.25) is 0 Å². The number of nitrogens with zero attached hydrogens (tertiary/aromatic N) is 5. The summed E-state index contributed by atoms with van der Waals surface area (Å²) in [4.78, 5) is 22.4. The van der Waals surface area contributed by atoms with Crippen LogP contribution in [0.15, 0.2) is 48.8 Å². The highest BCUT2D eigenvalue weighted by Gasteiger charge is 2.27. The Hall–Kier alpha value is -3.76. The Balaban J connectivity index is 1.02. The number of carbonyl (C=O) groups is 1. The van der Waals surface area contributed by atoms with Crippen LogP contribution in [0, 0.1) is 0 Å². The molecule has 0 spiro atoms. The van der Waals surface area contributed by atoms with E-state index in [0.29, 0.717) is 18.7 Å². The van der Waals surface area contributed by atoms with E-state index >= 15 is 0 Å². The Labute approximate surface area is 208 Å². The molecule has 36 heavy (non-hydrogen) atoms. The number of piperidine rings is 1. The van der Waals surface area contributed by atoms with Crippen LogP contribution < -0.4 is 10.1 Å². The van der Waals surface area contributed by atoms with Crippen molar-refractivity contribution in [1.29, 1.82) is 0 Å². The first-order valence-corrected chi connectivity index (χ1v) is 12.3. The van der Waals surface area contributed by atoms with Crippen LogP contribution in [0.1, 0.15) is 46.3 Å². The van der Waals surface area contributed by atoms with E-state index in [1.54, 1.807) is 13.4 Å². The molecule has 1 fully saturated rings. The molecular weight excluding hydrogens is 458 g/mol. The molecule has 6 rings (SSSR count). The summed E-state index contributed by atoms with van der Waals surface area (Å²) in [6, 6.07) is 13.7. The summed E-state index contributed by atoms with van der Waals surface area (Å²) in [7, 11) is 1.66. The maximum Gasteiger partial charge on any atom is 0.251 e. The molecule has 0 radical (unpaired) electrons. The SMILES string of the molecule is COc1ccc([C@H]2Cn3nnc(CN4CCC(NC(=O)c5ccc6nc[nH]c6c5)CC4)c3CO2)cc1. The number of methoxy groups -OCH3 is 1. The van der Waals surface area contributed by atoms with Gasteiger partial charge in [0, 0.05) is 31.2 Å². The van der Waals surface area contributed by atoms with Gasteiger partial charge < -0.3 is 19.8 Å². The summed E-state index contributed by atoms with van der Waals surface area (Å²) < 4.78 is 13.4. The third-order valence-corrected chi connectivity index (χ3v) is 7.14. The molecule has 2 aliphatic heterocycles. The zero-order valence-electron chi connectivity index (χ0n) is 20.2. The number of hydrogen-bond donors (Lipinski definition) is 2. The second-order valence-electron chi connectivity index (χ2n) is 9.40. The molecule has 0 bridgehead atoms. The second kappa shape index (κ2) is 9.71. The van der Waals surface area contributed by atoms with Crippen molar-refractivity contribution in [1.82, 2.24) is 35.2 Å². The Morgan fingerprint density at radius 3 is 2.83 bits per heavy atom. The van der Waals surface area contributed by atoms with Crippen molar-refractivity contribution in [2.24, 2.45) is 0 Å². The number of aromatic nitrogens is 5. The van der Waals surface area contributed by atoms with Gasteiger partial charge in [0.05, 0.1) is 43.3 Å². The van der Waals surface area contributed by atoms with E-state index in [2.05, 4.69) is 30.5 Å². The number of amides is 1. The van der Waals surface area contributed by atoms with Crippen molar-refractivity contribution in [3.05, 3.63) is 71.3 Å². The molecule has 4 aromatic rings. The normalized spacial score (nSPS) is 18.8. The van der Waals surface area contributed by atoms with Crippen LogP contribution in [0.5, 0.6) is 5.75 Å². The molecule has 1 amide bonds. The average molecular weight is 488 g/mol. The number of H-pyrrole nitrogens is 1. The smallest absolute Gasteiger partial charge is 0.251 e. The van der Waals surface area contributed by atoms with Crippen molar-refractivity contribution in [3.8, 4) is 5.75 Å². The number of fused-ring (bicyclic) bond motifs is 2. The van der Waals surface area contributed by atoms with Gasteiger partial charge in [0.25, 0.3) is 5.91 Å². The topological polar surface area (TPSA) is 110 Å². The van der Waals surface area contributed by atoms with Crippen molar-refractivity contribution in [2.75, 3.05) is 20.2 Å². The molecule has 10 nitrogen and oxygen atoms in total. The minimum atomic E-state index is -0.0497. The molecule has 186 valence electrons. The number of aromatic amines is 1. The fourth-order valence-corrected chi connectivity index (χ4v) is 5.00. The van der Waals surface area contributed by atoms with Crippen molar-refractivity contribution in [2.45, 2.75) is 44.7 Å². The van der Waals surface area contributed by atoms with Gasteiger partial charge in [-0.25, -0.2) is 9.67 Å². The van der Waals surface area contributed by atoms with E-state index in [0.717, 1.165) is 66.2 Å². The van der Waals surface area contributed by atoms with E-state index in [1.807, 2.05) is 47.1 Å². The molecule has 2 aliphatic rings. The lowest BCUT2D eigenvalue weighted by Gasteiger charge is -2.32. The predicted molar refractivity (Wildman–Crippen MR) is 132 cm³/mol.